The third-order valence-electron chi connectivity index (χ3n) is 4.20. The Balaban J connectivity index is 2.18. The van der Waals surface area contributed by atoms with Gasteiger partial charge in [-0.25, -0.2) is 22.2 Å². The molecular formula is C18H12F3N3O3S. The molecule has 1 aliphatic carbocycles. The number of aliphatic hydroxyl groups excluding tert-OH is 1. The molecule has 0 fully saturated rings. The number of hydrogen-bond acceptors (Lipinski definition) is 5. The maximum absolute atomic E-state index is 14.2. The largest absolute Gasteiger partial charge is 0.458 e. The van der Waals surface area contributed by atoms with Crippen LogP contribution in [0.3, 0.4) is 0 Å². The fraction of sp³-hybridized carbons (Fsp3) is 0.222. The minimum absolute atomic E-state index is 0.0435. The van der Waals surface area contributed by atoms with Crippen LogP contribution in [0.1, 0.15) is 17.2 Å². The van der Waals surface area contributed by atoms with E-state index in [4.69, 9.17) is 16.6 Å². The summed E-state index contributed by atoms with van der Waals surface area (Å²) in [5, 5.41) is 18.8. The number of nitriles is 1. The molecule has 28 heavy (non-hydrogen) atoms. The van der Waals surface area contributed by atoms with Crippen molar-refractivity contribution in [1.82, 2.24) is 0 Å². The smallest absolute Gasteiger partial charge is 0.281 e. The van der Waals surface area contributed by atoms with Gasteiger partial charge in [0.25, 0.3) is 5.92 Å². The molecule has 0 amide bonds. The normalized spacial score (nSPS) is 19.0. The zero-order valence-electron chi connectivity index (χ0n) is 14.3. The average molecular weight is 407 g/mol. The van der Waals surface area contributed by atoms with E-state index in [-0.39, 0.29) is 33.2 Å². The first kappa shape index (κ1) is 19.7. The lowest BCUT2D eigenvalue weighted by atomic mass is 10.1. The number of benzene rings is 2. The van der Waals surface area contributed by atoms with Crippen LogP contribution in [0.15, 0.2) is 39.6 Å². The third kappa shape index (κ3) is 3.40. The van der Waals surface area contributed by atoms with Gasteiger partial charge in [0.15, 0.2) is 5.69 Å². The quantitative estimate of drug-likeness (QED) is 0.606. The standard InChI is InChI=1S/C18H12F3N3O3S/c1-23-11-5-10(19)6-12(7-11)27-14-3-4-15(28(2,26)24-9-22)16-13(14)8-18(20,21)17(16)25/h3-7,17,25H,8H2,2H3/t17-,28?/m0/s1. The highest BCUT2D eigenvalue weighted by Gasteiger charge is 2.50. The number of fused-ring (bicyclic) bond motifs is 1. The molecule has 1 aliphatic rings. The highest BCUT2D eigenvalue weighted by Crippen LogP contribution is 2.49. The number of rotatable bonds is 3. The van der Waals surface area contributed by atoms with E-state index < -0.39 is 34.0 Å². The second-order valence-corrected chi connectivity index (χ2v) is 8.37. The van der Waals surface area contributed by atoms with E-state index in [2.05, 4.69) is 9.21 Å². The highest BCUT2D eigenvalue weighted by atomic mass is 32.2. The minimum Gasteiger partial charge on any atom is -0.458 e. The van der Waals surface area contributed by atoms with Crippen LogP contribution in [0.4, 0.5) is 18.9 Å². The van der Waals surface area contributed by atoms with E-state index >= 15 is 0 Å². The molecule has 0 spiro atoms. The summed E-state index contributed by atoms with van der Waals surface area (Å²) in [5.41, 5.74) is -0.486. The van der Waals surface area contributed by atoms with Crippen molar-refractivity contribution in [2.45, 2.75) is 23.3 Å². The second-order valence-electron chi connectivity index (χ2n) is 6.15. The monoisotopic (exact) mass is 407 g/mol. The molecule has 0 radical (unpaired) electrons. The molecule has 0 aliphatic heterocycles. The van der Waals surface area contributed by atoms with E-state index in [1.54, 1.807) is 0 Å². The van der Waals surface area contributed by atoms with Crippen LogP contribution in [0.25, 0.3) is 4.85 Å². The van der Waals surface area contributed by atoms with Crippen LogP contribution in [0, 0.1) is 23.8 Å². The van der Waals surface area contributed by atoms with E-state index in [0.29, 0.717) is 0 Å². The summed E-state index contributed by atoms with van der Waals surface area (Å²) in [4.78, 5) is 2.90. The Hall–Kier alpha value is -3.08. The van der Waals surface area contributed by atoms with E-state index in [1.807, 2.05) is 0 Å². The van der Waals surface area contributed by atoms with Crippen LogP contribution >= 0.6 is 0 Å². The lowest BCUT2D eigenvalue weighted by molar-refractivity contribution is -0.0976. The van der Waals surface area contributed by atoms with Crippen LogP contribution < -0.4 is 4.74 Å². The van der Waals surface area contributed by atoms with Crippen molar-refractivity contribution >= 4 is 15.4 Å². The van der Waals surface area contributed by atoms with E-state index in [0.717, 1.165) is 18.4 Å². The van der Waals surface area contributed by atoms with Crippen molar-refractivity contribution in [2.24, 2.45) is 4.36 Å². The first-order chi connectivity index (χ1) is 13.1. The summed E-state index contributed by atoms with van der Waals surface area (Å²) in [7, 11) is -3.36. The van der Waals surface area contributed by atoms with Crippen molar-refractivity contribution in [2.75, 3.05) is 6.26 Å². The fourth-order valence-corrected chi connectivity index (χ4v) is 4.22. The van der Waals surface area contributed by atoms with Crippen LogP contribution in [0.5, 0.6) is 11.5 Å². The topological polar surface area (TPSA) is 87.0 Å². The van der Waals surface area contributed by atoms with Gasteiger partial charge in [0.05, 0.1) is 21.2 Å². The molecule has 3 rings (SSSR count). The van der Waals surface area contributed by atoms with Gasteiger partial charge in [-0.15, -0.1) is 4.36 Å². The Morgan fingerprint density at radius 1 is 1.43 bits per heavy atom. The molecule has 2 atom stereocenters. The van der Waals surface area contributed by atoms with Crippen LogP contribution in [-0.2, 0) is 16.1 Å². The Morgan fingerprint density at radius 2 is 2.14 bits per heavy atom. The summed E-state index contributed by atoms with van der Waals surface area (Å²) >= 11 is 0. The van der Waals surface area contributed by atoms with Crippen molar-refractivity contribution < 1.29 is 27.2 Å². The second kappa shape index (κ2) is 6.82. The van der Waals surface area contributed by atoms with Gasteiger partial charge < -0.3 is 9.84 Å². The summed E-state index contributed by atoms with van der Waals surface area (Å²) in [5.74, 6) is -4.50. The van der Waals surface area contributed by atoms with Gasteiger partial charge in [-0.3, -0.25) is 0 Å². The highest BCUT2D eigenvalue weighted by molar-refractivity contribution is 7.93. The number of halogens is 3. The summed E-state index contributed by atoms with van der Waals surface area (Å²) in [6, 6.07) is 5.61. The van der Waals surface area contributed by atoms with E-state index in [1.165, 1.54) is 24.4 Å². The first-order valence-electron chi connectivity index (χ1n) is 7.77. The van der Waals surface area contributed by atoms with Gasteiger partial charge >= 0.3 is 0 Å². The minimum atomic E-state index is -3.55. The van der Waals surface area contributed by atoms with Gasteiger partial charge in [-0.05, 0) is 24.3 Å². The summed E-state index contributed by atoms with van der Waals surface area (Å²) in [6.07, 6.45) is -0.678. The van der Waals surface area contributed by atoms with Crippen LogP contribution in [-0.4, -0.2) is 21.5 Å². The van der Waals surface area contributed by atoms with Crippen molar-refractivity contribution in [3.63, 3.8) is 0 Å². The molecule has 2 aromatic rings. The van der Waals surface area contributed by atoms with Gasteiger partial charge in [0.2, 0.25) is 6.19 Å². The van der Waals surface area contributed by atoms with Gasteiger partial charge in [-0.1, -0.05) is 0 Å². The molecule has 1 unspecified atom stereocenters. The first-order valence-corrected chi connectivity index (χ1v) is 9.69. The van der Waals surface area contributed by atoms with Crippen LogP contribution in [0.2, 0.25) is 0 Å². The average Bonchev–Trinajstić information content (AvgIpc) is 2.85. The molecule has 10 heteroatoms. The Morgan fingerprint density at radius 3 is 2.79 bits per heavy atom. The maximum Gasteiger partial charge on any atom is 0.281 e. The molecule has 2 aromatic carbocycles. The number of hydrogen-bond donors (Lipinski definition) is 1. The molecule has 0 bridgehead atoms. The zero-order chi connectivity index (χ0) is 20.7. The summed E-state index contributed by atoms with van der Waals surface area (Å²) in [6.45, 7) is 6.96. The number of aliphatic hydroxyl groups is 1. The van der Waals surface area contributed by atoms with Gasteiger partial charge in [0, 0.05) is 29.9 Å². The molecule has 1 N–H and O–H groups in total. The van der Waals surface area contributed by atoms with Crippen molar-refractivity contribution in [1.29, 1.82) is 5.26 Å². The molecule has 0 saturated carbocycles. The van der Waals surface area contributed by atoms with Crippen molar-refractivity contribution in [3.05, 3.63) is 58.7 Å². The molecular weight excluding hydrogens is 395 g/mol. The molecule has 6 nitrogen and oxygen atoms in total. The maximum atomic E-state index is 14.2. The zero-order valence-corrected chi connectivity index (χ0v) is 15.1. The predicted molar refractivity (Wildman–Crippen MR) is 93.2 cm³/mol. The molecule has 144 valence electrons. The number of alkyl halides is 2. The van der Waals surface area contributed by atoms with Crippen molar-refractivity contribution in [3.8, 4) is 17.7 Å². The SMILES string of the molecule is [C-]#[N+]c1cc(F)cc(Oc2ccc(S(C)(=O)=NC#N)c3c2CC(F)(F)[C@H]3O)c1. The Bertz CT molecular complexity index is 1180. The predicted octanol–water partition coefficient (Wildman–Crippen LogP) is 4.33. The Labute approximate surface area is 158 Å². The lowest BCUT2D eigenvalue weighted by Gasteiger charge is -2.17. The lowest BCUT2D eigenvalue weighted by Crippen LogP contribution is -2.22. The molecule has 0 aromatic heterocycles. The third-order valence-corrected chi connectivity index (χ3v) is 5.80. The van der Waals surface area contributed by atoms with Gasteiger partial charge in [0.1, 0.15) is 23.4 Å². The number of ether oxygens (including phenoxy) is 1. The Kier molecular flexibility index (Phi) is 4.79. The fourth-order valence-electron chi connectivity index (χ4n) is 3.00. The number of nitrogens with zero attached hydrogens (tertiary/aromatic N) is 3. The van der Waals surface area contributed by atoms with E-state index in [9.17, 15) is 22.5 Å². The molecule has 0 heterocycles. The summed E-state index contributed by atoms with van der Waals surface area (Å²) < 4.78 is 63.4. The van der Waals surface area contributed by atoms with Gasteiger partial charge in [-0.2, -0.15) is 5.26 Å². The molecule has 0 saturated heterocycles.